The first-order valence-corrected chi connectivity index (χ1v) is 6.61. The highest BCUT2D eigenvalue weighted by molar-refractivity contribution is 6.31. The van der Waals surface area contributed by atoms with Gasteiger partial charge in [0.2, 0.25) is 5.91 Å². The van der Waals surface area contributed by atoms with E-state index in [0.29, 0.717) is 17.4 Å². The van der Waals surface area contributed by atoms with E-state index in [0.717, 1.165) is 25.1 Å². The summed E-state index contributed by atoms with van der Waals surface area (Å²) in [6, 6.07) is 5.89. The Morgan fingerprint density at radius 1 is 1.47 bits per heavy atom. The maximum absolute atomic E-state index is 11.8. The average molecular weight is 252 g/mol. The third-order valence-electron chi connectivity index (χ3n) is 3.50. The van der Waals surface area contributed by atoms with Gasteiger partial charge in [0.05, 0.1) is 0 Å². The largest absolute Gasteiger partial charge is 0.312 e. The van der Waals surface area contributed by atoms with Gasteiger partial charge in [0.15, 0.2) is 0 Å². The molecule has 0 radical (unpaired) electrons. The summed E-state index contributed by atoms with van der Waals surface area (Å²) in [5.41, 5.74) is 2.24. The van der Waals surface area contributed by atoms with Gasteiger partial charge in [-0.25, -0.2) is 0 Å². The Morgan fingerprint density at radius 2 is 2.24 bits per heavy atom. The lowest BCUT2D eigenvalue weighted by molar-refractivity contribution is -0.117. The molecule has 1 saturated heterocycles. The quantitative estimate of drug-likeness (QED) is 0.796. The molecule has 1 unspecified atom stereocenters. The first kappa shape index (κ1) is 12.4. The minimum absolute atomic E-state index is 0.219. The molecular weight excluding hydrogens is 234 g/mol. The standard InChI is InChI=1S/C14H18ClNO/c1-3-10(2)12-7-6-11(15)9-13(12)16-8-4-5-14(16)17/h6-7,9-10H,3-5,8H2,1-2H3. The van der Waals surface area contributed by atoms with Crippen molar-refractivity contribution in [3.8, 4) is 0 Å². The Morgan fingerprint density at radius 3 is 2.82 bits per heavy atom. The number of halogens is 1. The van der Waals surface area contributed by atoms with Crippen molar-refractivity contribution in [1.29, 1.82) is 0 Å². The van der Waals surface area contributed by atoms with E-state index in [1.807, 2.05) is 17.0 Å². The highest BCUT2D eigenvalue weighted by Crippen LogP contribution is 2.34. The molecule has 2 rings (SSSR count). The van der Waals surface area contributed by atoms with Crippen LogP contribution >= 0.6 is 11.6 Å². The van der Waals surface area contributed by atoms with Crippen LogP contribution in [0, 0.1) is 0 Å². The maximum atomic E-state index is 11.8. The van der Waals surface area contributed by atoms with Crippen LogP contribution < -0.4 is 4.90 Å². The molecular formula is C14H18ClNO. The van der Waals surface area contributed by atoms with Gasteiger partial charge in [-0.05, 0) is 36.5 Å². The molecule has 17 heavy (non-hydrogen) atoms. The van der Waals surface area contributed by atoms with Gasteiger partial charge in [-0.1, -0.05) is 31.5 Å². The molecule has 3 heteroatoms. The molecule has 1 aliphatic rings. The van der Waals surface area contributed by atoms with Crippen LogP contribution in [0.4, 0.5) is 5.69 Å². The van der Waals surface area contributed by atoms with E-state index >= 15 is 0 Å². The molecule has 0 spiro atoms. The Kier molecular flexibility index (Phi) is 3.72. The van der Waals surface area contributed by atoms with Crippen molar-refractivity contribution in [2.45, 2.75) is 39.0 Å². The van der Waals surface area contributed by atoms with Gasteiger partial charge in [-0.3, -0.25) is 4.79 Å². The Bertz CT molecular complexity index is 430. The van der Waals surface area contributed by atoms with E-state index in [-0.39, 0.29) is 5.91 Å². The first-order chi connectivity index (χ1) is 8.13. The zero-order valence-electron chi connectivity index (χ0n) is 10.4. The number of anilines is 1. The van der Waals surface area contributed by atoms with Crippen LogP contribution in [0.5, 0.6) is 0 Å². The highest BCUT2D eigenvalue weighted by atomic mass is 35.5. The summed E-state index contributed by atoms with van der Waals surface area (Å²) in [5, 5.41) is 0.701. The lowest BCUT2D eigenvalue weighted by Crippen LogP contribution is -2.25. The number of hydrogen-bond donors (Lipinski definition) is 0. The average Bonchev–Trinajstić information content (AvgIpc) is 2.74. The van der Waals surface area contributed by atoms with Crippen LogP contribution in [0.3, 0.4) is 0 Å². The normalized spacial score (nSPS) is 17.6. The zero-order valence-corrected chi connectivity index (χ0v) is 11.1. The summed E-state index contributed by atoms with van der Waals surface area (Å²) in [6.45, 7) is 5.17. The van der Waals surface area contributed by atoms with Crippen LogP contribution in [-0.4, -0.2) is 12.5 Å². The Labute approximate surface area is 108 Å². The number of nitrogens with zero attached hydrogens (tertiary/aromatic N) is 1. The number of hydrogen-bond acceptors (Lipinski definition) is 1. The molecule has 0 aromatic heterocycles. The summed E-state index contributed by atoms with van der Waals surface area (Å²) in [7, 11) is 0. The number of carbonyl (C=O) groups excluding carboxylic acids is 1. The zero-order chi connectivity index (χ0) is 12.4. The van der Waals surface area contributed by atoms with E-state index < -0.39 is 0 Å². The topological polar surface area (TPSA) is 20.3 Å². The van der Waals surface area contributed by atoms with E-state index in [1.54, 1.807) is 0 Å². The van der Waals surface area contributed by atoms with Crippen molar-refractivity contribution in [2.24, 2.45) is 0 Å². The molecule has 1 atom stereocenters. The Hall–Kier alpha value is -1.02. The third kappa shape index (κ3) is 2.47. The van der Waals surface area contributed by atoms with Gasteiger partial charge in [-0.2, -0.15) is 0 Å². The highest BCUT2D eigenvalue weighted by Gasteiger charge is 2.25. The van der Waals surface area contributed by atoms with Gasteiger partial charge in [0.25, 0.3) is 0 Å². The van der Waals surface area contributed by atoms with Gasteiger partial charge in [0, 0.05) is 23.7 Å². The second kappa shape index (κ2) is 5.09. The van der Waals surface area contributed by atoms with Crippen molar-refractivity contribution in [1.82, 2.24) is 0 Å². The maximum Gasteiger partial charge on any atom is 0.227 e. The predicted octanol–water partition coefficient (Wildman–Crippen LogP) is 3.98. The van der Waals surface area contributed by atoms with Gasteiger partial charge >= 0.3 is 0 Å². The summed E-state index contributed by atoms with van der Waals surface area (Å²) in [6.07, 6.45) is 2.68. The van der Waals surface area contributed by atoms with E-state index in [4.69, 9.17) is 11.6 Å². The van der Waals surface area contributed by atoms with Crippen molar-refractivity contribution in [2.75, 3.05) is 11.4 Å². The Balaban J connectivity index is 2.42. The molecule has 0 N–H and O–H groups in total. The van der Waals surface area contributed by atoms with Crippen LogP contribution in [0.2, 0.25) is 5.02 Å². The fourth-order valence-corrected chi connectivity index (χ4v) is 2.46. The summed E-state index contributed by atoms with van der Waals surface area (Å²) < 4.78 is 0. The van der Waals surface area contributed by atoms with E-state index in [9.17, 15) is 4.79 Å². The van der Waals surface area contributed by atoms with Crippen LogP contribution in [0.25, 0.3) is 0 Å². The number of amides is 1. The van der Waals surface area contributed by atoms with E-state index in [2.05, 4.69) is 19.9 Å². The fraction of sp³-hybridized carbons (Fsp3) is 0.500. The van der Waals surface area contributed by atoms with Crippen LogP contribution in [0.15, 0.2) is 18.2 Å². The smallest absolute Gasteiger partial charge is 0.227 e. The monoisotopic (exact) mass is 251 g/mol. The van der Waals surface area contributed by atoms with Crippen molar-refractivity contribution >= 4 is 23.2 Å². The molecule has 1 aliphatic heterocycles. The molecule has 92 valence electrons. The SMILES string of the molecule is CCC(C)c1ccc(Cl)cc1N1CCCC1=O. The van der Waals surface area contributed by atoms with Crippen LogP contribution in [-0.2, 0) is 4.79 Å². The van der Waals surface area contributed by atoms with Crippen molar-refractivity contribution in [3.05, 3.63) is 28.8 Å². The number of carbonyl (C=O) groups is 1. The first-order valence-electron chi connectivity index (χ1n) is 6.23. The minimum Gasteiger partial charge on any atom is -0.312 e. The summed E-state index contributed by atoms with van der Waals surface area (Å²) >= 11 is 6.05. The number of rotatable bonds is 3. The predicted molar refractivity (Wildman–Crippen MR) is 71.7 cm³/mol. The third-order valence-corrected chi connectivity index (χ3v) is 3.74. The molecule has 1 fully saturated rings. The summed E-state index contributed by atoms with van der Waals surface area (Å²) in [4.78, 5) is 13.7. The molecule has 0 saturated carbocycles. The molecule has 1 amide bonds. The number of benzene rings is 1. The second-order valence-corrected chi connectivity index (χ2v) is 5.10. The summed E-state index contributed by atoms with van der Waals surface area (Å²) in [5.74, 6) is 0.674. The van der Waals surface area contributed by atoms with E-state index in [1.165, 1.54) is 5.56 Å². The van der Waals surface area contributed by atoms with Gasteiger partial charge < -0.3 is 4.90 Å². The molecule has 1 heterocycles. The van der Waals surface area contributed by atoms with Crippen LogP contribution in [0.1, 0.15) is 44.6 Å². The minimum atomic E-state index is 0.219. The van der Waals surface area contributed by atoms with Crippen molar-refractivity contribution < 1.29 is 4.79 Å². The van der Waals surface area contributed by atoms with Crippen molar-refractivity contribution in [3.63, 3.8) is 0 Å². The lowest BCUT2D eigenvalue weighted by Gasteiger charge is -2.23. The molecule has 1 aromatic rings. The molecule has 2 nitrogen and oxygen atoms in total. The molecule has 0 aliphatic carbocycles. The second-order valence-electron chi connectivity index (χ2n) is 4.66. The molecule has 0 bridgehead atoms. The van der Waals surface area contributed by atoms with Gasteiger partial charge in [0.1, 0.15) is 0 Å². The fourth-order valence-electron chi connectivity index (χ4n) is 2.29. The lowest BCUT2D eigenvalue weighted by atomic mass is 9.96. The molecule has 1 aromatic carbocycles. The van der Waals surface area contributed by atoms with Gasteiger partial charge in [-0.15, -0.1) is 0 Å².